The van der Waals surface area contributed by atoms with Gasteiger partial charge in [0.1, 0.15) is 0 Å². The monoisotopic (exact) mass is 246 g/mol. The van der Waals surface area contributed by atoms with E-state index >= 15 is 0 Å². The van der Waals surface area contributed by atoms with Crippen molar-refractivity contribution in [3.63, 3.8) is 0 Å². The second kappa shape index (κ2) is 6.01. The molecule has 1 aliphatic heterocycles. The van der Waals surface area contributed by atoms with Gasteiger partial charge in [-0.3, -0.25) is 9.69 Å². The van der Waals surface area contributed by atoms with Crippen LogP contribution in [0.4, 0.5) is 0 Å². The van der Waals surface area contributed by atoms with Crippen LogP contribution in [0.2, 0.25) is 0 Å². The summed E-state index contributed by atoms with van der Waals surface area (Å²) in [7, 11) is 1.90. The zero-order valence-electron chi connectivity index (χ0n) is 11.3. The minimum absolute atomic E-state index is 0.105. The predicted octanol–water partition coefficient (Wildman–Crippen LogP) is 2.59. The molecule has 1 aromatic carbocycles. The molecule has 18 heavy (non-hydrogen) atoms. The molecule has 1 heterocycles. The molecule has 0 spiro atoms. The Kier molecular flexibility index (Phi) is 4.37. The van der Waals surface area contributed by atoms with Crippen molar-refractivity contribution in [1.29, 1.82) is 0 Å². The van der Waals surface area contributed by atoms with Crippen molar-refractivity contribution in [2.45, 2.75) is 32.4 Å². The Balaban J connectivity index is 2.01. The topological polar surface area (TPSA) is 23.6 Å². The zero-order chi connectivity index (χ0) is 13.0. The van der Waals surface area contributed by atoms with Gasteiger partial charge in [0.15, 0.2) is 0 Å². The molecule has 2 rings (SSSR count). The standard InChI is InChI=1S/C15H22N2O/c1-13(17-11-7-4-8-12-17)16(2)15(18)14-9-5-3-6-10-14/h3,5-6,9-10,13H,4,7-8,11-12H2,1-2H3. The number of hydrogen-bond donors (Lipinski definition) is 0. The Labute approximate surface area is 109 Å². The molecule has 1 atom stereocenters. The summed E-state index contributed by atoms with van der Waals surface area (Å²) in [6.07, 6.45) is 3.99. The SMILES string of the molecule is CC(N1CCCCC1)N(C)C(=O)c1ccccc1. The molecule has 0 N–H and O–H groups in total. The van der Waals surface area contributed by atoms with Crippen molar-refractivity contribution >= 4 is 5.91 Å². The van der Waals surface area contributed by atoms with Gasteiger partial charge in [-0.2, -0.15) is 0 Å². The summed E-state index contributed by atoms with van der Waals surface area (Å²) in [6.45, 7) is 4.33. The lowest BCUT2D eigenvalue weighted by Gasteiger charge is -2.37. The van der Waals surface area contributed by atoms with Gasteiger partial charge in [0, 0.05) is 25.7 Å². The van der Waals surface area contributed by atoms with Gasteiger partial charge in [-0.15, -0.1) is 0 Å². The van der Waals surface area contributed by atoms with Crippen LogP contribution >= 0.6 is 0 Å². The predicted molar refractivity (Wildman–Crippen MR) is 73.4 cm³/mol. The summed E-state index contributed by atoms with van der Waals surface area (Å²) in [5.74, 6) is 0.105. The van der Waals surface area contributed by atoms with Gasteiger partial charge in [0.2, 0.25) is 0 Å². The van der Waals surface area contributed by atoms with Crippen LogP contribution in [0.3, 0.4) is 0 Å². The number of carbonyl (C=O) groups is 1. The molecule has 1 amide bonds. The highest BCUT2D eigenvalue weighted by atomic mass is 16.2. The molecule has 3 nitrogen and oxygen atoms in total. The maximum atomic E-state index is 12.3. The molecule has 1 unspecified atom stereocenters. The number of hydrogen-bond acceptors (Lipinski definition) is 2. The van der Waals surface area contributed by atoms with Crippen LogP contribution in [-0.2, 0) is 0 Å². The van der Waals surface area contributed by atoms with Gasteiger partial charge < -0.3 is 4.90 Å². The summed E-state index contributed by atoms with van der Waals surface area (Å²) in [6, 6.07) is 9.51. The van der Waals surface area contributed by atoms with Crippen LogP contribution in [0.15, 0.2) is 30.3 Å². The number of rotatable bonds is 3. The average molecular weight is 246 g/mol. The van der Waals surface area contributed by atoms with E-state index in [0.29, 0.717) is 0 Å². The van der Waals surface area contributed by atoms with E-state index in [0.717, 1.165) is 18.7 Å². The van der Waals surface area contributed by atoms with Crippen molar-refractivity contribution < 1.29 is 4.79 Å². The van der Waals surface area contributed by atoms with E-state index in [1.807, 2.05) is 42.3 Å². The normalized spacial score (nSPS) is 18.3. The second-order valence-corrected chi connectivity index (χ2v) is 5.01. The Morgan fingerprint density at radius 1 is 1.17 bits per heavy atom. The number of nitrogens with zero attached hydrogens (tertiary/aromatic N) is 2. The minimum atomic E-state index is 0.105. The smallest absolute Gasteiger partial charge is 0.254 e. The molecule has 1 aliphatic rings. The van der Waals surface area contributed by atoms with E-state index in [1.54, 1.807) is 0 Å². The molecule has 0 radical (unpaired) electrons. The van der Waals surface area contributed by atoms with Crippen molar-refractivity contribution in [3.8, 4) is 0 Å². The summed E-state index contributed by atoms with van der Waals surface area (Å²) >= 11 is 0. The second-order valence-electron chi connectivity index (χ2n) is 5.01. The van der Waals surface area contributed by atoms with Gasteiger partial charge >= 0.3 is 0 Å². The van der Waals surface area contributed by atoms with Crippen molar-refractivity contribution in [3.05, 3.63) is 35.9 Å². The summed E-state index contributed by atoms with van der Waals surface area (Å²) in [5.41, 5.74) is 0.767. The van der Waals surface area contributed by atoms with Gasteiger partial charge in [0.25, 0.3) is 5.91 Å². The van der Waals surface area contributed by atoms with Crippen LogP contribution in [0.25, 0.3) is 0 Å². The Hall–Kier alpha value is -1.35. The molecule has 0 saturated carbocycles. The zero-order valence-corrected chi connectivity index (χ0v) is 11.3. The fourth-order valence-corrected chi connectivity index (χ4v) is 2.49. The van der Waals surface area contributed by atoms with Crippen LogP contribution in [0, 0.1) is 0 Å². The van der Waals surface area contributed by atoms with Gasteiger partial charge in [-0.1, -0.05) is 24.6 Å². The van der Waals surface area contributed by atoms with E-state index in [2.05, 4.69) is 11.8 Å². The third-order valence-electron chi connectivity index (χ3n) is 3.82. The van der Waals surface area contributed by atoms with Crippen LogP contribution in [0.1, 0.15) is 36.5 Å². The third kappa shape index (κ3) is 2.91. The maximum absolute atomic E-state index is 12.3. The molecule has 1 aromatic rings. The highest BCUT2D eigenvalue weighted by Gasteiger charge is 2.23. The first-order valence-corrected chi connectivity index (χ1v) is 6.76. The number of carbonyl (C=O) groups excluding carboxylic acids is 1. The molecule has 1 saturated heterocycles. The van der Waals surface area contributed by atoms with Gasteiger partial charge in [-0.05, 0) is 31.9 Å². The van der Waals surface area contributed by atoms with E-state index in [1.165, 1.54) is 19.3 Å². The first-order valence-electron chi connectivity index (χ1n) is 6.76. The lowest BCUT2D eigenvalue weighted by molar-refractivity contribution is 0.0406. The lowest BCUT2D eigenvalue weighted by atomic mass is 10.1. The fourth-order valence-electron chi connectivity index (χ4n) is 2.49. The maximum Gasteiger partial charge on any atom is 0.254 e. The van der Waals surface area contributed by atoms with Crippen LogP contribution in [-0.4, -0.2) is 42.0 Å². The van der Waals surface area contributed by atoms with Crippen molar-refractivity contribution in [2.75, 3.05) is 20.1 Å². The van der Waals surface area contributed by atoms with E-state index in [-0.39, 0.29) is 12.1 Å². The molecule has 0 aliphatic carbocycles. The van der Waals surface area contributed by atoms with Crippen LogP contribution in [0.5, 0.6) is 0 Å². The summed E-state index contributed by atoms with van der Waals surface area (Å²) in [5, 5.41) is 0. The van der Waals surface area contributed by atoms with Crippen molar-refractivity contribution in [1.82, 2.24) is 9.80 Å². The van der Waals surface area contributed by atoms with E-state index < -0.39 is 0 Å². The third-order valence-corrected chi connectivity index (χ3v) is 3.82. The van der Waals surface area contributed by atoms with E-state index in [9.17, 15) is 4.79 Å². The molecule has 3 heteroatoms. The largest absolute Gasteiger partial charge is 0.326 e. The average Bonchev–Trinajstić information content (AvgIpc) is 2.47. The number of amides is 1. The molecular weight excluding hydrogens is 224 g/mol. The summed E-state index contributed by atoms with van der Waals surface area (Å²) in [4.78, 5) is 16.6. The minimum Gasteiger partial charge on any atom is -0.326 e. The Morgan fingerprint density at radius 2 is 1.78 bits per heavy atom. The first-order chi connectivity index (χ1) is 8.70. The number of piperidine rings is 1. The highest BCUT2D eigenvalue weighted by Crippen LogP contribution is 2.15. The quantitative estimate of drug-likeness (QED) is 0.818. The fraction of sp³-hybridized carbons (Fsp3) is 0.533. The lowest BCUT2D eigenvalue weighted by Crippen LogP contribution is -2.49. The molecular formula is C15H22N2O. The van der Waals surface area contributed by atoms with E-state index in [4.69, 9.17) is 0 Å². The molecule has 0 bridgehead atoms. The number of likely N-dealkylation sites (tertiary alicyclic amines) is 1. The Morgan fingerprint density at radius 3 is 2.39 bits per heavy atom. The molecule has 98 valence electrons. The molecule has 1 fully saturated rings. The molecule has 0 aromatic heterocycles. The van der Waals surface area contributed by atoms with Crippen LogP contribution < -0.4 is 0 Å². The van der Waals surface area contributed by atoms with Gasteiger partial charge in [0.05, 0.1) is 6.17 Å². The van der Waals surface area contributed by atoms with Crippen molar-refractivity contribution in [2.24, 2.45) is 0 Å². The summed E-state index contributed by atoms with van der Waals surface area (Å²) < 4.78 is 0. The van der Waals surface area contributed by atoms with Gasteiger partial charge in [-0.25, -0.2) is 0 Å². The Bertz CT molecular complexity index is 385. The highest BCUT2D eigenvalue weighted by molar-refractivity contribution is 5.94. The number of benzene rings is 1. The first kappa shape index (κ1) is 13.1.